The first-order chi connectivity index (χ1) is 15.6. The minimum Gasteiger partial charge on any atom is -0.335 e. The third-order valence-corrected chi connectivity index (χ3v) is 5.25. The largest absolute Gasteiger partial charge is 0.416 e. The van der Waals surface area contributed by atoms with E-state index in [1.807, 2.05) is 24.3 Å². The summed E-state index contributed by atoms with van der Waals surface area (Å²) < 4.78 is 40.6. The quantitative estimate of drug-likeness (QED) is 0.224. The topological polar surface area (TPSA) is 97.3 Å². The van der Waals surface area contributed by atoms with Crippen LogP contribution in [-0.2, 0) is 12.6 Å². The highest BCUT2D eigenvalue weighted by atomic mass is 19.4. The van der Waals surface area contributed by atoms with Crippen molar-refractivity contribution in [2.45, 2.75) is 32.9 Å². The maximum absolute atomic E-state index is 13.1. The summed E-state index contributed by atoms with van der Waals surface area (Å²) in [6, 6.07) is 9.53. The molecule has 3 aromatic rings. The maximum Gasteiger partial charge on any atom is 0.416 e. The van der Waals surface area contributed by atoms with Gasteiger partial charge in [0.2, 0.25) is 0 Å². The number of nitrogens with zero attached hydrogens (tertiary/aromatic N) is 3. The number of aromatic nitrogens is 2. The molecule has 174 valence electrons. The van der Waals surface area contributed by atoms with Gasteiger partial charge in [-0.1, -0.05) is 12.1 Å². The van der Waals surface area contributed by atoms with E-state index in [2.05, 4.69) is 20.7 Å². The smallest absolute Gasteiger partial charge is 0.335 e. The monoisotopic (exact) mass is 458 g/mol. The highest BCUT2D eigenvalue weighted by molar-refractivity contribution is 5.81. The van der Waals surface area contributed by atoms with Crippen molar-refractivity contribution >= 4 is 17.3 Å². The lowest BCUT2D eigenvalue weighted by Crippen LogP contribution is -2.30. The molecule has 0 aliphatic rings. The molecule has 10 heteroatoms. The molecule has 0 fully saturated rings. The van der Waals surface area contributed by atoms with Gasteiger partial charge in [-0.25, -0.2) is 10.8 Å². The van der Waals surface area contributed by atoms with E-state index in [1.54, 1.807) is 20.9 Å². The standard InChI is InChI=1S/C23H25F3N6O/c1-14-12-17(23(24,25)26)13-15(2)20(14)30-21-22(33)32(11-10-29-21)18-7-4-16(5-8-18)6-9-19(28-3)31-27/h4-5,7-8,10-13H,6,9,27H2,1-3H3,(H,28,31)(H,29,30). The van der Waals surface area contributed by atoms with E-state index in [0.29, 0.717) is 34.8 Å². The van der Waals surface area contributed by atoms with Gasteiger partial charge in [-0.05, 0) is 61.2 Å². The van der Waals surface area contributed by atoms with Crippen LogP contribution in [0.15, 0.2) is 58.6 Å². The van der Waals surface area contributed by atoms with Gasteiger partial charge in [0.25, 0.3) is 5.56 Å². The molecule has 0 atom stereocenters. The number of rotatable bonds is 6. The lowest BCUT2D eigenvalue weighted by atomic mass is 10.0. The molecule has 1 aromatic heterocycles. The van der Waals surface area contributed by atoms with Crippen molar-refractivity contribution in [1.82, 2.24) is 15.0 Å². The number of nitrogens with one attached hydrogen (secondary N) is 2. The summed E-state index contributed by atoms with van der Waals surface area (Å²) in [6.07, 6.45) is -0.0642. The Morgan fingerprint density at radius 2 is 1.79 bits per heavy atom. The Labute approximate surface area is 189 Å². The summed E-state index contributed by atoms with van der Waals surface area (Å²) in [4.78, 5) is 21.2. The van der Waals surface area contributed by atoms with Gasteiger partial charge in [0, 0.05) is 37.2 Å². The Hall–Kier alpha value is -3.66. The molecular weight excluding hydrogens is 433 g/mol. The average Bonchev–Trinajstić information content (AvgIpc) is 2.77. The zero-order valence-electron chi connectivity index (χ0n) is 18.5. The second-order valence-electron chi connectivity index (χ2n) is 7.54. The van der Waals surface area contributed by atoms with E-state index >= 15 is 0 Å². The minimum atomic E-state index is -4.44. The number of hydrogen-bond donors (Lipinski definition) is 3. The van der Waals surface area contributed by atoms with Gasteiger partial charge in [-0.3, -0.25) is 14.4 Å². The van der Waals surface area contributed by atoms with Crippen LogP contribution in [0.5, 0.6) is 0 Å². The van der Waals surface area contributed by atoms with Gasteiger partial charge >= 0.3 is 6.18 Å². The molecule has 0 aliphatic carbocycles. The number of alkyl halides is 3. The predicted molar refractivity (Wildman–Crippen MR) is 123 cm³/mol. The third-order valence-electron chi connectivity index (χ3n) is 5.25. The number of nitrogens with two attached hydrogens (primary N) is 1. The van der Waals surface area contributed by atoms with Gasteiger partial charge in [-0.2, -0.15) is 13.2 Å². The van der Waals surface area contributed by atoms with E-state index in [0.717, 1.165) is 24.1 Å². The van der Waals surface area contributed by atoms with Crippen LogP contribution in [0.3, 0.4) is 0 Å². The molecule has 0 bridgehead atoms. The summed E-state index contributed by atoms with van der Waals surface area (Å²) in [7, 11) is 1.66. The summed E-state index contributed by atoms with van der Waals surface area (Å²) >= 11 is 0. The maximum atomic E-state index is 13.1. The first-order valence-corrected chi connectivity index (χ1v) is 10.2. The molecule has 0 saturated carbocycles. The Balaban J connectivity index is 1.85. The number of hydrazine groups is 1. The van der Waals surface area contributed by atoms with Crippen molar-refractivity contribution in [2.75, 3.05) is 12.4 Å². The Kier molecular flexibility index (Phi) is 7.17. The average molecular weight is 458 g/mol. The number of aryl methyl sites for hydroxylation is 3. The lowest BCUT2D eigenvalue weighted by Gasteiger charge is -2.16. The van der Waals surface area contributed by atoms with Crippen LogP contribution >= 0.6 is 0 Å². The molecule has 4 N–H and O–H groups in total. The SMILES string of the molecule is CN=C(CCc1ccc(-n2ccnc(Nc3c(C)cc(C(F)(F)F)cc3C)c2=O)cc1)NN. The summed E-state index contributed by atoms with van der Waals surface area (Å²) in [5.41, 5.74) is 4.23. The Morgan fingerprint density at radius 1 is 1.15 bits per heavy atom. The van der Waals surface area contributed by atoms with Gasteiger partial charge in [0.05, 0.1) is 5.56 Å². The van der Waals surface area contributed by atoms with E-state index < -0.39 is 17.3 Å². The minimum absolute atomic E-state index is 0.0188. The Bertz CT molecular complexity index is 1190. The van der Waals surface area contributed by atoms with E-state index in [-0.39, 0.29) is 5.82 Å². The van der Waals surface area contributed by atoms with E-state index in [9.17, 15) is 18.0 Å². The van der Waals surface area contributed by atoms with Crippen LogP contribution in [0, 0.1) is 13.8 Å². The number of benzene rings is 2. The third kappa shape index (κ3) is 5.58. The van der Waals surface area contributed by atoms with Crippen LogP contribution < -0.4 is 22.1 Å². The van der Waals surface area contributed by atoms with Gasteiger partial charge in [0.1, 0.15) is 5.84 Å². The van der Waals surface area contributed by atoms with Crippen molar-refractivity contribution in [3.05, 3.63) is 81.4 Å². The van der Waals surface area contributed by atoms with Crippen molar-refractivity contribution in [3.63, 3.8) is 0 Å². The van der Waals surface area contributed by atoms with E-state index in [1.165, 1.54) is 17.0 Å². The second kappa shape index (κ2) is 9.86. The van der Waals surface area contributed by atoms with Crippen molar-refractivity contribution in [1.29, 1.82) is 0 Å². The number of anilines is 2. The fraction of sp³-hybridized carbons (Fsp3) is 0.261. The highest BCUT2D eigenvalue weighted by Gasteiger charge is 2.31. The zero-order valence-corrected chi connectivity index (χ0v) is 18.5. The van der Waals surface area contributed by atoms with Crippen LogP contribution in [-0.4, -0.2) is 22.4 Å². The van der Waals surface area contributed by atoms with Gasteiger partial charge < -0.3 is 10.7 Å². The van der Waals surface area contributed by atoms with Crippen molar-refractivity contribution in [3.8, 4) is 5.69 Å². The number of amidine groups is 1. The molecule has 0 amide bonds. The van der Waals surface area contributed by atoms with Crippen LogP contribution in [0.2, 0.25) is 0 Å². The van der Waals surface area contributed by atoms with Gasteiger partial charge in [-0.15, -0.1) is 0 Å². The molecular formula is C23H25F3N6O. The molecule has 2 aromatic carbocycles. The number of hydrogen-bond acceptors (Lipinski definition) is 5. The number of aliphatic imine (C=N–C) groups is 1. The molecule has 0 unspecified atom stereocenters. The van der Waals surface area contributed by atoms with Crippen molar-refractivity contribution in [2.24, 2.45) is 10.8 Å². The molecule has 0 radical (unpaired) electrons. The van der Waals surface area contributed by atoms with Crippen LogP contribution in [0.25, 0.3) is 5.69 Å². The molecule has 0 spiro atoms. The van der Waals surface area contributed by atoms with Crippen molar-refractivity contribution < 1.29 is 13.2 Å². The van der Waals surface area contributed by atoms with Crippen LogP contribution in [0.1, 0.15) is 28.7 Å². The molecule has 3 rings (SSSR count). The summed E-state index contributed by atoms with van der Waals surface area (Å²) in [6.45, 7) is 3.11. The lowest BCUT2D eigenvalue weighted by molar-refractivity contribution is -0.137. The number of halogens is 3. The first kappa shape index (κ1) is 24.0. The van der Waals surface area contributed by atoms with Gasteiger partial charge in [0.15, 0.2) is 5.82 Å². The Morgan fingerprint density at radius 3 is 2.33 bits per heavy atom. The molecule has 0 aliphatic heterocycles. The molecule has 7 nitrogen and oxygen atoms in total. The summed E-state index contributed by atoms with van der Waals surface area (Å²) in [5.74, 6) is 6.11. The van der Waals surface area contributed by atoms with E-state index in [4.69, 9.17) is 5.84 Å². The second-order valence-corrected chi connectivity index (χ2v) is 7.54. The predicted octanol–water partition coefficient (Wildman–Crippen LogP) is 4.04. The molecule has 0 saturated heterocycles. The normalized spacial score (nSPS) is 12.0. The zero-order chi connectivity index (χ0) is 24.2. The summed E-state index contributed by atoms with van der Waals surface area (Å²) in [5, 5.41) is 2.91. The molecule has 1 heterocycles. The molecule has 33 heavy (non-hydrogen) atoms. The highest BCUT2D eigenvalue weighted by Crippen LogP contribution is 2.34. The van der Waals surface area contributed by atoms with Crippen LogP contribution in [0.4, 0.5) is 24.7 Å². The first-order valence-electron chi connectivity index (χ1n) is 10.2. The fourth-order valence-electron chi connectivity index (χ4n) is 3.48. The fourth-order valence-corrected chi connectivity index (χ4v) is 3.48.